The van der Waals surface area contributed by atoms with Crippen molar-refractivity contribution in [3.8, 4) is 0 Å². The first-order valence-electron chi connectivity index (χ1n) is 8.39. The number of halogens is 3. The number of rotatable bonds is 4. The molecule has 10 heteroatoms. The molecule has 3 heterocycles. The molecule has 0 spiro atoms. The van der Waals surface area contributed by atoms with Crippen molar-refractivity contribution in [3.05, 3.63) is 6.33 Å². The molecule has 1 aromatic heterocycles. The van der Waals surface area contributed by atoms with E-state index in [-0.39, 0.29) is 30.2 Å². The van der Waals surface area contributed by atoms with Crippen LogP contribution in [0.15, 0.2) is 6.33 Å². The lowest BCUT2D eigenvalue weighted by Crippen LogP contribution is -2.49. The zero-order chi connectivity index (χ0) is 18.0. The van der Waals surface area contributed by atoms with E-state index in [1.807, 2.05) is 0 Å². The SMILES string of the molecule is COCCC(=O)N1CCCC([C@@H]2C[C@H](C(F)(F)F)n3ncnc3N2)C1. The molecule has 0 radical (unpaired) electrons. The Morgan fingerprint density at radius 3 is 3.00 bits per heavy atom. The molecule has 1 amide bonds. The van der Waals surface area contributed by atoms with E-state index < -0.39 is 12.2 Å². The number of likely N-dealkylation sites (tertiary alicyclic amines) is 1. The van der Waals surface area contributed by atoms with Gasteiger partial charge in [-0.05, 0) is 25.2 Å². The van der Waals surface area contributed by atoms with E-state index in [4.69, 9.17) is 4.74 Å². The van der Waals surface area contributed by atoms with Crippen molar-refractivity contribution in [3.63, 3.8) is 0 Å². The van der Waals surface area contributed by atoms with Crippen LogP contribution in [0.4, 0.5) is 19.1 Å². The van der Waals surface area contributed by atoms with E-state index in [9.17, 15) is 18.0 Å². The third-order valence-corrected chi connectivity index (χ3v) is 4.94. The van der Waals surface area contributed by atoms with Crippen LogP contribution in [-0.4, -0.2) is 64.6 Å². The molecule has 25 heavy (non-hydrogen) atoms. The number of anilines is 1. The number of piperidine rings is 1. The molecule has 1 aromatic rings. The van der Waals surface area contributed by atoms with Gasteiger partial charge in [-0.15, -0.1) is 0 Å². The number of methoxy groups -OCH3 is 1. The number of alkyl halides is 3. The van der Waals surface area contributed by atoms with Crippen LogP contribution < -0.4 is 5.32 Å². The van der Waals surface area contributed by atoms with E-state index >= 15 is 0 Å². The van der Waals surface area contributed by atoms with Gasteiger partial charge in [-0.25, -0.2) is 4.68 Å². The maximum absolute atomic E-state index is 13.4. The maximum Gasteiger partial charge on any atom is 0.411 e. The number of amides is 1. The molecule has 1 saturated heterocycles. The number of nitrogens with zero attached hydrogens (tertiary/aromatic N) is 4. The first kappa shape index (κ1) is 18.0. The van der Waals surface area contributed by atoms with Gasteiger partial charge in [0.2, 0.25) is 11.9 Å². The molecule has 1 unspecified atom stereocenters. The van der Waals surface area contributed by atoms with Gasteiger partial charge < -0.3 is 15.0 Å². The minimum absolute atomic E-state index is 0.0158. The molecule has 2 aliphatic heterocycles. The van der Waals surface area contributed by atoms with Crippen molar-refractivity contribution in [2.75, 3.05) is 32.1 Å². The van der Waals surface area contributed by atoms with Gasteiger partial charge >= 0.3 is 6.18 Å². The molecule has 7 nitrogen and oxygen atoms in total. The monoisotopic (exact) mass is 361 g/mol. The standard InChI is InChI=1S/C15H22F3N5O2/c1-25-6-4-13(24)22-5-2-3-10(8-22)11-7-12(15(16,17)18)23-14(21-11)19-9-20-23/h9-12H,2-8H2,1H3,(H,19,20,21)/t10?,11-,12+/m0/s1. The molecular weight excluding hydrogens is 339 g/mol. The normalized spacial score (nSPS) is 26.9. The second kappa shape index (κ2) is 7.19. The predicted octanol–water partition coefficient (Wildman–Crippen LogP) is 1.84. The zero-order valence-corrected chi connectivity index (χ0v) is 14.0. The van der Waals surface area contributed by atoms with Gasteiger partial charge in [0.15, 0.2) is 6.04 Å². The Labute approximate surface area is 143 Å². The van der Waals surface area contributed by atoms with E-state index in [0.29, 0.717) is 26.1 Å². The molecule has 0 saturated carbocycles. The summed E-state index contributed by atoms with van der Waals surface area (Å²) in [6.07, 6.45) is -1.50. The second-order valence-corrected chi connectivity index (χ2v) is 6.56. The average molecular weight is 361 g/mol. The highest BCUT2D eigenvalue weighted by molar-refractivity contribution is 5.76. The van der Waals surface area contributed by atoms with Gasteiger partial charge in [-0.1, -0.05) is 0 Å². The topological polar surface area (TPSA) is 72.3 Å². The minimum Gasteiger partial charge on any atom is -0.384 e. The molecule has 3 atom stereocenters. The van der Waals surface area contributed by atoms with Crippen LogP contribution in [-0.2, 0) is 9.53 Å². The number of hydrogen-bond acceptors (Lipinski definition) is 5. The first-order valence-corrected chi connectivity index (χ1v) is 8.39. The second-order valence-electron chi connectivity index (χ2n) is 6.56. The molecule has 2 aliphatic rings. The summed E-state index contributed by atoms with van der Waals surface area (Å²) in [6, 6.07) is -2.07. The fourth-order valence-electron chi connectivity index (χ4n) is 3.64. The van der Waals surface area contributed by atoms with Crippen LogP contribution in [0.5, 0.6) is 0 Å². The number of ether oxygens (including phenoxy) is 1. The smallest absolute Gasteiger partial charge is 0.384 e. The summed E-state index contributed by atoms with van der Waals surface area (Å²) in [6.45, 7) is 1.45. The maximum atomic E-state index is 13.4. The highest BCUT2D eigenvalue weighted by atomic mass is 19.4. The fourth-order valence-corrected chi connectivity index (χ4v) is 3.64. The minimum atomic E-state index is -4.38. The zero-order valence-electron chi connectivity index (χ0n) is 14.0. The van der Waals surface area contributed by atoms with Gasteiger partial charge in [-0.2, -0.15) is 23.3 Å². The highest BCUT2D eigenvalue weighted by Crippen LogP contribution is 2.40. The lowest BCUT2D eigenvalue weighted by atomic mass is 9.86. The van der Waals surface area contributed by atoms with Crippen LogP contribution in [0.3, 0.4) is 0 Å². The first-order chi connectivity index (χ1) is 11.9. The molecule has 1 N–H and O–H groups in total. The van der Waals surface area contributed by atoms with Gasteiger partial charge in [0.1, 0.15) is 6.33 Å². The van der Waals surface area contributed by atoms with Crippen molar-refractivity contribution >= 4 is 11.9 Å². The quantitative estimate of drug-likeness (QED) is 0.886. The number of aromatic nitrogens is 3. The van der Waals surface area contributed by atoms with Crippen molar-refractivity contribution in [1.82, 2.24) is 19.7 Å². The molecular formula is C15H22F3N5O2. The Kier molecular flexibility index (Phi) is 5.16. The molecule has 0 bridgehead atoms. The largest absolute Gasteiger partial charge is 0.411 e. The van der Waals surface area contributed by atoms with Crippen molar-refractivity contribution < 1.29 is 22.7 Å². The molecule has 0 aliphatic carbocycles. The number of fused-ring (bicyclic) bond motifs is 1. The van der Waals surface area contributed by atoms with Gasteiger partial charge in [0, 0.05) is 26.2 Å². The number of carbonyl (C=O) groups excluding carboxylic acids is 1. The lowest BCUT2D eigenvalue weighted by molar-refractivity contribution is -0.175. The van der Waals surface area contributed by atoms with Crippen LogP contribution in [0, 0.1) is 5.92 Å². The Balaban J connectivity index is 1.70. The summed E-state index contributed by atoms with van der Waals surface area (Å²) in [5.74, 6) is 0.0786. The Hall–Kier alpha value is -1.84. The summed E-state index contributed by atoms with van der Waals surface area (Å²) < 4.78 is 46.0. The van der Waals surface area contributed by atoms with E-state index in [0.717, 1.165) is 23.9 Å². The summed E-state index contributed by atoms with van der Waals surface area (Å²) in [5.41, 5.74) is 0. The van der Waals surface area contributed by atoms with Gasteiger partial charge in [0.05, 0.1) is 13.0 Å². The average Bonchev–Trinajstić information content (AvgIpc) is 3.06. The summed E-state index contributed by atoms with van der Waals surface area (Å²) >= 11 is 0. The van der Waals surface area contributed by atoms with E-state index in [1.165, 1.54) is 7.11 Å². The third-order valence-electron chi connectivity index (χ3n) is 4.94. The van der Waals surface area contributed by atoms with Gasteiger partial charge in [-0.3, -0.25) is 4.79 Å². The Bertz CT molecular complexity index is 606. The number of hydrogen-bond donors (Lipinski definition) is 1. The van der Waals surface area contributed by atoms with E-state index in [1.54, 1.807) is 4.90 Å². The molecule has 0 aromatic carbocycles. The van der Waals surface area contributed by atoms with Crippen LogP contribution in [0.2, 0.25) is 0 Å². The van der Waals surface area contributed by atoms with Crippen LogP contribution in [0.25, 0.3) is 0 Å². The fraction of sp³-hybridized carbons (Fsp3) is 0.800. The lowest BCUT2D eigenvalue weighted by Gasteiger charge is -2.41. The van der Waals surface area contributed by atoms with E-state index in [2.05, 4.69) is 15.4 Å². The number of carbonyl (C=O) groups is 1. The van der Waals surface area contributed by atoms with Gasteiger partial charge in [0.25, 0.3) is 0 Å². The molecule has 1 fully saturated rings. The molecule has 140 valence electrons. The number of nitrogens with one attached hydrogen (secondary N) is 1. The van der Waals surface area contributed by atoms with Crippen molar-refractivity contribution in [2.45, 2.75) is 43.9 Å². The van der Waals surface area contributed by atoms with Crippen LogP contribution in [0.1, 0.15) is 31.7 Å². The van der Waals surface area contributed by atoms with Crippen molar-refractivity contribution in [1.29, 1.82) is 0 Å². The molecule has 3 rings (SSSR count). The van der Waals surface area contributed by atoms with Crippen molar-refractivity contribution in [2.24, 2.45) is 5.92 Å². The third kappa shape index (κ3) is 3.88. The summed E-state index contributed by atoms with van der Waals surface area (Å²) in [7, 11) is 1.53. The summed E-state index contributed by atoms with van der Waals surface area (Å²) in [5, 5.41) is 6.78. The highest BCUT2D eigenvalue weighted by Gasteiger charge is 2.48. The van der Waals surface area contributed by atoms with Crippen LogP contribution >= 0.6 is 0 Å². The Morgan fingerprint density at radius 2 is 2.28 bits per heavy atom. The predicted molar refractivity (Wildman–Crippen MR) is 82.9 cm³/mol. The Morgan fingerprint density at radius 1 is 1.48 bits per heavy atom. The summed E-state index contributed by atoms with van der Waals surface area (Å²) in [4.78, 5) is 17.8.